The standard InChI is InChI=1S/C28H21N3O2/c32-26(20-7-3-1-4-8-20)18-19-11-16-24-25(17-19)31-27(30-24)21-12-14-23(15-13-21)29-28(33)22-9-5-2-6-10-22/h1-17H,18H2,(H,29,33)(H,30,31). The Balaban J connectivity index is 1.31. The number of ketones is 1. The van der Waals surface area contributed by atoms with Crippen molar-refractivity contribution in [1.29, 1.82) is 0 Å². The SMILES string of the molecule is O=C(Cc1ccc2nc(-c3ccc(NC(=O)c4ccccc4)cc3)[nH]c2c1)c1ccccc1. The van der Waals surface area contributed by atoms with Crippen LogP contribution in [0.3, 0.4) is 0 Å². The van der Waals surface area contributed by atoms with Crippen LogP contribution < -0.4 is 5.32 Å². The average molecular weight is 431 g/mol. The summed E-state index contributed by atoms with van der Waals surface area (Å²) in [6, 6.07) is 31.8. The molecule has 0 atom stereocenters. The highest BCUT2D eigenvalue weighted by atomic mass is 16.1. The van der Waals surface area contributed by atoms with Gasteiger partial charge in [-0.3, -0.25) is 9.59 Å². The van der Waals surface area contributed by atoms with Crippen LogP contribution in [-0.4, -0.2) is 21.7 Å². The molecule has 160 valence electrons. The normalized spacial score (nSPS) is 10.8. The molecule has 0 saturated heterocycles. The molecule has 1 aromatic heterocycles. The van der Waals surface area contributed by atoms with E-state index in [0.717, 1.165) is 28.0 Å². The smallest absolute Gasteiger partial charge is 0.255 e. The number of hydrogen-bond acceptors (Lipinski definition) is 3. The highest BCUT2D eigenvalue weighted by Gasteiger charge is 2.11. The van der Waals surface area contributed by atoms with Gasteiger partial charge >= 0.3 is 0 Å². The average Bonchev–Trinajstić information content (AvgIpc) is 3.29. The van der Waals surface area contributed by atoms with Crippen LogP contribution in [0.5, 0.6) is 0 Å². The lowest BCUT2D eigenvalue weighted by Crippen LogP contribution is -2.11. The van der Waals surface area contributed by atoms with Crippen LogP contribution >= 0.6 is 0 Å². The monoisotopic (exact) mass is 431 g/mol. The Labute approximate surface area is 191 Å². The second-order valence-corrected chi connectivity index (χ2v) is 7.80. The molecule has 33 heavy (non-hydrogen) atoms. The van der Waals surface area contributed by atoms with Gasteiger partial charge in [0.25, 0.3) is 5.91 Å². The molecule has 0 radical (unpaired) electrons. The maximum atomic E-state index is 12.5. The van der Waals surface area contributed by atoms with Crippen molar-refractivity contribution in [3.8, 4) is 11.4 Å². The van der Waals surface area contributed by atoms with Gasteiger partial charge in [-0.1, -0.05) is 54.6 Å². The fraction of sp³-hybridized carbons (Fsp3) is 0.0357. The zero-order chi connectivity index (χ0) is 22.6. The zero-order valence-corrected chi connectivity index (χ0v) is 17.8. The Morgan fingerprint density at radius 2 is 1.42 bits per heavy atom. The first-order valence-electron chi connectivity index (χ1n) is 10.7. The number of benzene rings is 4. The number of aromatic amines is 1. The molecule has 5 aromatic rings. The van der Waals surface area contributed by atoms with Crippen LogP contribution in [-0.2, 0) is 6.42 Å². The van der Waals surface area contributed by atoms with E-state index in [2.05, 4.69) is 15.3 Å². The Morgan fingerprint density at radius 1 is 0.758 bits per heavy atom. The third-order valence-electron chi connectivity index (χ3n) is 5.46. The number of anilines is 1. The number of nitrogens with zero attached hydrogens (tertiary/aromatic N) is 1. The second kappa shape index (κ2) is 8.93. The van der Waals surface area contributed by atoms with Crippen molar-refractivity contribution >= 4 is 28.4 Å². The van der Waals surface area contributed by atoms with E-state index in [1.54, 1.807) is 12.1 Å². The van der Waals surface area contributed by atoms with Crippen molar-refractivity contribution < 1.29 is 9.59 Å². The highest BCUT2D eigenvalue weighted by molar-refractivity contribution is 6.04. The van der Waals surface area contributed by atoms with Gasteiger partial charge in [-0.2, -0.15) is 0 Å². The molecule has 4 aromatic carbocycles. The largest absolute Gasteiger partial charge is 0.338 e. The lowest BCUT2D eigenvalue weighted by Gasteiger charge is -2.06. The number of Topliss-reactive ketones (excluding diaryl/α,β-unsaturated/α-hetero) is 1. The number of carbonyl (C=O) groups is 2. The minimum absolute atomic E-state index is 0.0860. The molecule has 0 spiro atoms. The third kappa shape index (κ3) is 4.57. The number of H-pyrrole nitrogens is 1. The molecule has 0 fully saturated rings. The number of fused-ring (bicyclic) bond motifs is 1. The minimum atomic E-state index is -0.148. The van der Waals surface area contributed by atoms with E-state index >= 15 is 0 Å². The molecule has 0 aliphatic rings. The van der Waals surface area contributed by atoms with Crippen LogP contribution in [0.4, 0.5) is 5.69 Å². The predicted molar refractivity (Wildman–Crippen MR) is 130 cm³/mol. The summed E-state index contributed by atoms with van der Waals surface area (Å²) in [5.41, 5.74) is 5.59. The molecule has 2 N–H and O–H groups in total. The maximum absolute atomic E-state index is 12.5. The minimum Gasteiger partial charge on any atom is -0.338 e. The van der Waals surface area contributed by atoms with E-state index in [0.29, 0.717) is 23.2 Å². The van der Waals surface area contributed by atoms with Crippen molar-refractivity contribution in [1.82, 2.24) is 9.97 Å². The van der Waals surface area contributed by atoms with Gasteiger partial charge in [-0.05, 0) is 54.1 Å². The number of aromatic nitrogens is 2. The molecule has 0 bridgehead atoms. The van der Waals surface area contributed by atoms with Crippen molar-refractivity contribution in [3.05, 3.63) is 120 Å². The number of imidazole rings is 1. The van der Waals surface area contributed by atoms with Crippen LogP contribution in [0.2, 0.25) is 0 Å². The Kier molecular flexibility index (Phi) is 5.52. The molecule has 1 amide bonds. The summed E-state index contributed by atoms with van der Waals surface area (Å²) in [6.45, 7) is 0. The Bertz CT molecular complexity index is 1420. The summed E-state index contributed by atoms with van der Waals surface area (Å²) in [5.74, 6) is 0.671. The predicted octanol–water partition coefficient (Wildman–Crippen LogP) is 5.91. The van der Waals surface area contributed by atoms with Crippen molar-refractivity contribution in [2.24, 2.45) is 0 Å². The van der Waals surface area contributed by atoms with Gasteiger partial charge in [0, 0.05) is 28.8 Å². The molecular weight excluding hydrogens is 410 g/mol. The van der Waals surface area contributed by atoms with Gasteiger partial charge in [0.05, 0.1) is 11.0 Å². The number of amides is 1. The molecular formula is C28H21N3O2. The molecule has 5 rings (SSSR count). The van der Waals surface area contributed by atoms with Crippen molar-refractivity contribution in [2.75, 3.05) is 5.32 Å². The van der Waals surface area contributed by atoms with Crippen LogP contribution in [0.1, 0.15) is 26.3 Å². The highest BCUT2D eigenvalue weighted by Crippen LogP contribution is 2.23. The number of hydrogen-bond donors (Lipinski definition) is 2. The molecule has 5 heteroatoms. The molecule has 0 unspecified atom stereocenters. The van der Waals surface area contributed by atoms with Crippen LogP contribution in [0, 0.1) is 0 Å². The van der Waals surface area contributed by atoms with Crippen LogP contribution in [0.15, 0.2) is 103 Å². The number of nitrogens with one attached hydrogen (secondary N) is 2. The maximum Gasteiger partial charge on any atom is 0.255 e. The van der Waals surface area contributed by atoms with Gasteiger partial charge < -0.3 is 10.3 Å². The lowest BCUT2D eigenvalue weighted by atomic mass is 10.0. The van der Waals surface area contributed by atoms with E-state index in [-0.39, 0.29) is 11.7 Å². The first kappa shape index (κ1) is 20.4. The summed E-state index contributed by atoms with van der Waals surface area (Å²) in [6.07, 6.45) is 0.337. The van der Waals surface area contributed by atoms with E-state index in [9.17, 15) is 9.59 Å². The molecule has 0 aliphatic heterocycles. The molecule has 0 saturated carbocycles. The number of rotatable bonds is 6. The summed E-state index contributed by atoms with van der Waals surface area (Å²) in [5, 5.41) is 2.90. The fourth-order valence-electron chi connectivity index (χ4n) is 3.72. The zero-order valence-electron chi connectivity index (χ0n) is 17.8. The summed E-state index contributed by atoms with van der Waals surface area (Å²) >= 11 is 0. The van der Waals surface area contributed by atoms with Gasteiger partial charge in [0.2, 0.25) is 0 Å². The van der Waals surface area contributed by atoms with Gasteiger partial charge in [0.15, 0.2) is 5.78 Å². The van der Waals surface area contributed by atoms with E-state index in [4.69, 9.17) is 0 Å². The Hall–Kier alpha value is -4.51. The molecule has 1 heterocycles. The second-order valence-electron chi connectivity index (χ2n) is 7.80. The van der Waals surface area contributed by atoms with Gasteiger partial charge in [0.1, 0.15) is 5.82 Å². The van der Waals surface area contributed by atoms with E-state index in [1.165, 1.54) is 0 Å². The quantitative estimate of drug-likeness (QED) is 0.328. The lowest BCUT2D eigenvalue weighted by molar-refractivity contribution is 0.0991. The van der Waals surface area contributed by atoms with E-state index in [1.807, 2.05) is 91.0 Å². The van der Waals surface area contributed by atoms with Gasteiger partial charge in [-0.15, -0.1) is 0 Å². The van der Waals surface area contributed by atoms with Crippen molar-refractivity contribution in [2.45, 2.75) is 6.42 Å². The summed E-state index contributed by atoms with van der Waals surface area (Å²) in [4.78, 5) is 32.9. The number of carbonyl (C=O) groups excluding carboxylic acids is 2. The summed E-state index contributed by atoms with van der Waals surface area (Å²) in [7, 11) is 0. The molecule has 0 aliphatic carbocycles. The Morgan fingerprint density at radius 3 is 2.12 bits per heavy atom. The molecule has 5 nitrogen and oxygen atoms in total. The van der Waals surface area contributed by atoms with E-state index < -0.39 is 0 Å². The summed E-state index contributed by atoms with van der Waals surface area (Å²) < 4.78 is 0. The van der Waals surface area contributed by atoms with Gasteiger partial charge in [-0.25, -0.2) is 4.98 Å². The van der Waals surface area contributed by atoms with Crippen LogP contribution in [0.25, 0.3) is 22.4 Å². The first-order chi connectivity index (χ1) is 16.2. The topological polar surface area (TPSA) is 74.8 Å². The first-order valence-corrected chi connectivity index (χ1v) is 10.7. The fourth-order valence-corrected chi connectivity index (χ4v) is 3.72. The van der Waals surface area contributed by atoms with Crippen molar-refractivity contribution in [3.63, 3.8) is 0 Å². The third-order valence-corrected chi connectivity index (χ3v) is 5.46.